The maximum Gasteiger partial charge on any atom is 0.262 e. The standard InChI is InChI=1S/C17H18N2O3S/c1-10-7-11(2)17(12(3)8-10)23(20,21)19-14-5-6-15-16(9-14)22-13(4)18-15/h5-9,19H,1-4H3. The highest BCUT2D eigenvalue weighted by Crippen LogP contribution is 2.26. The Kier molecular flexibility index (Phi) is 3.64. The highest BCUT2D eigenvalue weighted by atomic mass is 32.2. The fourth-order valence-corrected chi connectivity index (χ4v) is 4.41. The van der Waals surface area contributed by atoms with E-state index in [0.717, 1.165) is 16.7 Å². The van der Waals surface area contributed by atoms with E-state index in [1.165, 1.54) is 0 Å². The Morgan fingerprint density at radius 1 is 1.00 bits per heavy atom. The van der Waals surface area contributed by atoms with Gasteiger partial charge in [-0.15, -0.1) is 0 Å². The van der Waals surface area contributed by atoms with E-state index >= 15 is 0 Å². The van der Waals surface area contributed by atoms with Crippen LogP contribution in [0.5, 0.6) is 0 Å². The van der Waals surface area contributed by atoms with E-state index in [1.807, 2.05) is 19.1 Å². The van der Waals surface area contributed by atoms with Crippen LogP contribution in [0.25, 0.3) is 11.1 Å². The van der Waals surface area contributed by atoms with Crippen molar-refractivity contribution in [2.75, 3.05) is 4.72 Å². The van der Waals surface area contributed by atoms with Crippen molar-refractivity contribution >= 4 is 26.8 Å². The molecule has 0 spiro atoms. The van der Waals surface area contributed by atoms with Crippen LogP contribution in [0, 0.1) is 27.7 Å². The third-order valence-corrected chi connectivity index (χ3v) is 5.31. The van der Waals surface area contributed by atoms with Gasteiger partial charge in [0.15, 0.2) is 11.5 Å². The van der Waals surface area contributed by atoms with E-state index in [1.54, 1.807) is 39.0 Å². The zero-order valence-electron chi connectivity index (χ0n) is 13.5. The first-order valence-electron chi connectivity index (χ1n) is 7.24. The predicted molar refractivity (Wildman–Crippen MR) is 90.2 cm³/mol. The lowest BCUT2D eigenvalue weighted by Gasteiger charge is -2.13. The van der Waals surface area contributed by atoms with Crippen LogP contribution in [0.1, 0.15) is 22.6 Å². The van der Waals surface area contributed by atoms with Gasteiger partial charge in [-0.1, -0.05) is 17.7 Å². The minimum absolute atomic E-state index is 0.317. The highest BCUT2D eigenvalue weighted by molar-refractivity contribution is 7.92. The first-order chi connectivity index (χ1) is 10.8. The lowest BCUT2D eigenvalue weighted by atomic mass is 10.1. The molecular weight excluding hydrogens is 312 g/mol. The quantitative estimate of drug-likeness (QED) is 0.791. The SMILES string of the molecule is Cc1cc(C)c(S(=O)(=O)Nc2ccc3nc(C)oc3c2)c(C)c1. The summed E-state index contributed by atoms with van der Waals surface area (Å²) in [5.74, 6) is 0.547. The number of aryl methyl sites for hydroxylation is 4. The number of anilines is 1. The summed E-state index contributed by atoms with van der Waals surface area (Å²) in [6.45, 7) is 7.31. The van der Waals surface area contributed by atoms with Crippen molar-refractivity contribution in [3.63, 3.8) is 0 Å². The van der Waals surface area contributed by atoms with E-state index in [9.17, 15) is 8.42 Å². The first-order valence-corrected chi connectivity index (χ1v) is 8.72. The van der Waals surface area contributed by atoms with Crippen LogP contribution >= 0.6 is 0 Å². The number of sulfonamides is 1. The van der Waals surface area contributed by atoms with Crippen LogP contribution in [0.3, 0.4) is 0 Å². The summed E-state index contributed by atoms with van der Waals surface area (Å²) in [7, 11) is -3.67. The smallest absolute Gasteiger partial charge is 0.262 e. The van der Waals surface area contributed by atoms with Gasteiger partial charge in [-0.2, -0.15) is 0 Å². The molecule has 1 N–H and O–H groups in total. The summed E-state index contributed by atoms with van der Waals surface area (Å²) in [5.41, 5.74) is 4.21. The minimum Gasteiger partial charge on any atom is -0.441 e. The average Bonchev–Trinajstić information content (AvgIpc) is 2.75. The molecular formula is C17H18N2O3S. The molecule has 0 aliphatic rings. The molecule has 0 aliphatic heterocycles. The van der Waals surface area contributed by atoms with E-state index in [4.69, 9.17) is 4.42 Å². The number of oxazole rings is 1. The van der Waals surface area contributed by atoms with Crippen molar-refractivity contribution in [3.05, 3.63) is 52.9 Å². The molecule has 0 unspecified atom stereocenters. The van der Waals surface area contributed by atoms with Gasteiger partial charge in [-0.25, -0.2) is 13.4 Å². The second kappa shape index (κ2) is 5.38. The average molecular weight is 330 g/mol. The summed E-state index contributed by atoms with van der Waals surface area (Å²) in [5, 5.41) is 0. The molecule has 3 aromatic rings. The van der Waals surface area contributed by atoms with E-state index < -0.39 is 10.0 Å². The number of rotatable bonds is 3. The summed E-state index contributed by atoms with van der Waals surface area (Å²) < 4.78 is 33.5. The number of fused-ring (bicyclic) bond motifs is 1. The minimum atomic E-state index is -3.67. The molecule has 1 aromatic heterocycles. The van der Waals surface area contributed by atoms with Gasteiger partial charge in [0.1, 0.15) is 5.52 Å². The normalized spacial score (nSPS) is 11.8. The third-order valence-electron chi connectivity index (χ3n) is 3.62. The molecule has 23 heavy (non-hydrogen) atoms. The summed E-state index contributed by atoms with van der Waals surface area (Å²) in [4.78, 5) is 4.52. The van der Waals surface area contributed by atoms with Gasteiger partial charge < -0.3 is 4.42 Å². The Bertz CT molecular complexity index is 981. The maximum atomic E-state index is 12.7. The van der Waals surface area contributed by atoms with Crippen molar-refractivity contribution in [2.24, 2.45) is 0 Å². The van der Waals surface area contributed by atoms with E-state index in [-0.39, 0.29) is 0 Å². The monoisotopic (exact) mass is 330 g/mol. The second-order valence-corrected chi connectivity index (χ2v) is 7.37. The predicted octanol–water partition coefficient (Wildman–Crippen LogP) is 3.86. The van der Waals surface area contributed by atoms with E-state index in [0.29, 0.717) is 27.6 Å². The van der Waals surface area contributed by atoms with Crippen molar-refractivity contribution in [3.8, 4) is 0 Å². The van der Waals surface area contributed by atoms with Crippen LogP contribution in [0.2, 0.25) is 0 Å². The van der Waals surface area contributed by atoms with Crippen LogP contribution in [-0.2, 0) is 10.0 Å². The van der Waals surface area contributed by atoms with Gasteiger partial charge in [-0.05, 0) is 44.0 Å². The van der Waals surface area contributed by atoms with E-state index in [2.05, 4.69) is 9.71 Å². The Labute approximate surface area is 135 Å². The van der Waals surface area contributed by atoms with Crippen molar-refractivity contribution < 1.29 is 12.8 Å². The van der Waals surface area contributed by atoms with Crippen molar-refractivity contribution in [1.82, 2.24) is 4.98 Å². The molecule has 6 heteroatoms. The van der Waals surface area contributed by atoms with Gasteiger partial charge >= 0.3 is 0 Å². The van der Waals surface area contributed by atoms with Crippen LogP contribution in [0.15, 0.2) is 39.6 Å². The zero-order chi connectivity index (χ0) is 16.8. The van der Waals surface area contributed by atoms with Gasteiger partial charge in [0, 0.05) is 13.0 Å². The van der Waals surface area contributed by atoms with Crippen LogP contribution in [0.4, 0.5) is 5.69 Å². The fraction of sp³-hybridized carbons (Fsp3) is 0.235. The molecule has 2 aromatic carbocycles. The number of nitrogens with one attached hydrogen (secondary N) is 1. The molecule has 0 fully saturated rings. The fourth-order valence-electron chi connectivity index (χ4n) is 2.90. The Morgan fingerprint density at radius 2 is 1.65 bits per heavy atom. The highest BCUT2D eigenvalue weighted by Gasteiger charge is 2.20. The maximum absolute atomic E-state index is 12.7. The molecule has 0 aliphatic carbocycles. The van der Waals surface area contributed by atoms with Crippen molar-refractivity contribution in [2.45, 2.75) is 32.6 Å². The number of nitrogens with zero attached hydrogens (tertiary/aromatic N) is 1. The molecule has 0 saturated heterocycles. The molecule has 0 saturated carbocycles. The molecule has 0 bridgehead atoms. The Hall–Kier alpha value is -2.34. The van der Waals surface area contributed by atoms with Gasteiger partial charge in [-0.3, -0.25) is 4.72 Å². The lowest BCUT2D eigenvalue weighted by molar-refractivity contribution is 0.561. The van der Waals surface area contributed by atoms with Gasteiger partial charge in [0.25, 0.3) is 10.0 Å². The van der Waals surface area contributed by atoms with Crippen LogP contribution in [-0.4, -0.2) is 13.4 Å². The lowest BCUT2D eigenvalue weighted by Crippen LogP contribution is -2.15. The topological polar surface area (TPSA) is 72.2 Å². The second-order valence-electron chi connectivity index (χ2n) is 5.75. The summed E-state index contributed by atoms with van der Waals surface area (Å²) in [6, 6.07) is 8.79. The number of hydrogen-bond acceptors (Lipinski definition) is 4. The molecule has 120 valence electrons. The Balaban J connectivity index is 2.03. The van der Waals surface area contributed by atoms with Gasteiger partial charge in [0.2, 0.25) is 0 Å². The molecule has 1 heterocycles. The zero-order valence-corrected chi connectivity index (χ0v) is 14.3. The van der Waals surface area contributed by atoms with Crippen LogP contribution < -0.4 is 4.72 Å². The number of hydrogen-bond donors (Lipinski definition) is 1. The molecule has 0 amide bonds. The summed E-state index contributed by atoms with van der Waals surface area (Å²) in [6.07, 6.45) is 0. The number of benzene rings is 2. The molecule has 3 rings (SSSR count). The molecule has 5 nitrogen and oxygen atoms in total. The van der Waals surface area contributed by atoms with Gasteiger partial charge in [0.05, 0.1) is 10.6 Å². The molecule has 0 atom stereocenters. The molecule has 0 radical (unpaired) electrons. The number of aromatic nitrogens is 1. The first kappa shape index (κ1) is 15.6. The third kappa shape index (κ3) is 2.94. The van der Waals surface area contributed by atoms with Crippen molar-refractivity contribution in [1.29, 1.82) is 0 Å². The largest absolute Gasteiger partial charge is 0.441 e. The Morgan fingerprint density at radius 3 is 2.30 bits per heavy atom. The summed E-state index contributed by atoms with van der Waals surface area (Å²) >= 11 is 0.